The summed E-state index contributed by atoms with van der Waals surface area (Å²) in [5.41, 5.74) is 16.4. The quantitative estimate of drug-likeness (QED) is 0.496. The van der Waals surface area contributed by atoms with Crippen molar-refractivity contribution in [3.05, 3.63) is 18.2 Å². The van der Waals surface area contributed by atoms with Gasteiger partial charge in [0.05, 0.1) is 5.69 Å². The van der Waals surface area contributed by atoms with Crippen LogP contribution in [0.15, 0.2) is 18.2 Å². The van der Waals surface area contributed by atoms with E-state index < -0.39 is 5.72 Å². The van der Waals surface area contributed by atoms with Gasteiger partial charge in [0.15, 0.2) is 5.78 Å². The van der Waals surface area contributed by atoms with Crippen molar-refractivity contribution in [1.82, 2.24) is 0 Å². The van der Waals surface area contributed by atoms with Crippen LogP contribution in [0, 0.1) is 0 Å². The highest BCUT2D eigenvalue weighted by Gasteiger charge is 2.27. The maximum Gasteiger partial charge on any atom is 0.214 e. The number of benzene rings is 1. The summed E-state index contributed by atoms with van der Waals surface area (Å²) < 4.78 is 5.30. The summed E-state index contributed by atoms with van der Waals surface area (Å²) in [6, 6.07) is 4.77. The number of nitrogens with two attached hydrogens (primary N) is 3. The van der Waals surface area contributed by atoms with E-state index in [1.165, 1.54) is 19.9 Å². The fraction of sp³-hybridized carbons (Fsp3) is 0.300. The summed E-state index contributed by atoms with van der Waals surface area (Å²) in [6.07, 6.45) is 0. The van der Waals surface area contributed by atoms with E-state index in [4.69, 9.17) is 21.9 Å². The van der Waals surface area contributed by atoms with Crippen molar-refractivity contribution in [3.8, 4) is 5.75 Å². The second kappa shape index (κ2) is 3.78. The number of rotatable bonds is 3. The molecular formula is C10H15N3O2. The van der Waals surface area contributed by atoms with Gasteiger partial charge in [0.2, 0.25) is 5.72 Å². The van der Waals surface area contributed by atoms with Gasteiger partial charge in [-0.2, -0.15) is 0 Å². The number of carbonyl (C=O) groups is 1. The van der Waals surface area contributed by atoms with Gasteiger partial charge in [-0.25, -0.2) is 0 Å². The van der Waals surface area contributed by atoms with Gasteiger partial charge in [0, 0.05) is 18.7 Å². The first-order valence-electron chi connectivity index (χ1n) is 4.47. The Morgan fingerprint density at radius 2 is 2.00 bits per heavy atom. The minimum absolute atomic E-state index is 0.288. The van der Waals surface area contributed by atoms with Crippen LogP contribution in [0.25, 0.3) is 0 Å². The van der Waals surface area contributed by atoms with Gasteiger partial charge in [0.1, 0.15) is 5.75 Å². The number of ketones is 1. The lowest BCUT2D eigenvalue weighted by Crippen LogP contribution is -2.49. The van der Waals surface area contributed by atoms with Crippen molar-refractivity contribution < 1.29 is 9.53 Å². The van der Waals surface area contributed by atoms with E-state index in [1.54, 1.807) is 12.1 Å². The second-order valence-corrected chi connectivity index (χ2v) is 3.56. The van der Waals surface area contributed by atoms with Crippen molar-refractivity contribution >= 4 is 17.2 Å². The van der Waals surface area contributed by atoms with Crippen LogP contribution in [-0.2, 0) is 4.79 Å². The molecule has 5 nitrogen and oxygen atoms in total. The third-order valence-electron chi connectivity index (χ3n) is 2.06. The molecule has 5 heteroatoms. The number of ether oxygens (including phenoxy) is 1. The monoisotopic (exact) mass is 209 g/mol. The first-order chi connectivity index (χ1) is 6.83. The first-order valence-corrected chi connectivity index (χ1v) is 4.47. The van der Waals surface area contributed by atoms with Gasteiger partial charge < -0.3 is 16.2 Å². The molecule has 1 unspecified atom stereocenters. The molecule has 6 N–H and O–H groups in total. The van der Waals surface area contributed by atoms with E-state index in [1.807, 2.05) is 0 Å². The van der Waals surface area contributed by atoms with Crippen LogP contribution in [0.5, 0.6) is 5.75 Å². The Bertz CT molecular complexity index is 388. The Hall–Kier alpha value is -1.75. The Morgan fingerprint density at radius 3 is 2.53 bits per heavy atom. The predicted octanol–water partition coefficient (Wildman–Crippen LogP) is 0.494. The molecule has 0 radical (unpaired) electrons. The lowest BCUT2D eigenvalue weighted by molar-refractivity contribution is -0.130. The average Bonchev–Trinajstić information content (AvgIpc) is 2.10. The molecular weight excluding hydrogens is 194 g/mol. The molecule has 0 aliphatic rings. The van der Waals surface area contributed by atoms with Crippen LogP contribution in [0.1, 0.15) is 13.8 Å². The number of anilines is 2. The molecule has 0 saturated carbocycles. The third kappa shape index (κ3) is 2.60. The molecule has 82 valence electrons. The summed E-state index contributed by atoms with van der Waals surface area (Å²) in [6.45, 7) is 2.82. The van der Waals surface area contributed by atoms with Crippen LogP contribution < -0.4 is 21.9 Å². The van der Waals surface area contributed by atoms with Gasteiger partial charge in [0.25, 0.3) is 0 Å². The first kappa shape index (κ1) is 11.3. The van der Waals surface area contributed by atoms with Gasteiger partial charge in [-0.3, -0.25) is 10.5 Å². The molecule has 15 heavy (non-hydrogen) atoms. The number of nitrogen functional groups attached to an aromatic ring is 2. The van der Waals surface area contributed by atoms with E-state index in [0.717, 1.165) is 0 Å². The van der Waals surface area contributed by atoms with Crippen molar-refractivity contribution in [2.24, 2.45) is 5.73 Å². The summed E-state index contributed by atoms with van der Waals surface area (Å²) in [7, 11) is 0. The Kier molecular flexibility index (Phi) is 2.85. The topological polar surface area (TPSA) is 104 Å². The Morgan fingerprint density at radius 1 is 1.40 bits per heavy atom. The molecule has 0 aliphatic heterocycles. The summed E-state index contributed by atoms with van der Waals surface area (Å²) in [4.78, 5) is 11.1. The normalized spacial score (nSPS) is 14.3. The maximum atomic E-state index is 11.1. The van der Waals surface area contributed by atoms with Gasteiger partial charge in [-0.05, 0) is 19.1 Å². The van der Waals surface area contributed by atoms with Gasteiger partial charge >= 0.3 is 0 Å². The number of hydrogen-bond donors (Lipinski definition) is 3. The van der Waals surface area contributed by atoms with Crippen molar-refractivity contribution in [2.45, 2.75) is 19.6 Å². The zero-order chi connectivity index (χ0) is 11.6. The largest absolute Gasteiger partial charge is 0.464 e. The molecule has 0 aromatic heterocycles. The highest BCUT2D eigenvalue weighted by atomic mass is 16.5. The average molecular weight is 209 g/mol. The van der Waals surface area contributed by atoms with E-state index in [2.05, 4.69) is 0 Å². The molecule has 1 atom stereocenters. The lowest BCUT2D eigenvalue weighted by Gasteiger charge is -2.24. The Labute approximate surface area is 88.2 Å². The third-order valence-corrected chi connectivity index (χ3v) is 2.06. The molecule has 0 bridgehead atoms. The summed E-state index contributed by atoms with van der Waals surface area (Å²) in [5.74, 6) is 0.0273. The summed E-state index contributed by atoms with van der Waals surface area (Å²) in [5, 5.41) is 0. The SMILES string of the molecule is CC(=O)C(C)(N)Oc1cc(N)ccc1N. The molecule has 0 heterocycles. The standard InChI is InChI=1S/C10H15N3O2/c1-6(14)10(2,13)15-9-5-7(11)3-4-8(9)12/h3-5H,11-13H2,1-2H3. The molecule has 0 spiro atoms. The molecule has 1 rings (SSSR count). The van der Waals surface area contributed by atoms with Crippen LogP contribution in [0.4, 0.5) is 11.4 Å². The number of Topliss-reactive ketones (excluding diaryl/α,β-unsaturated/α-hetero) is 1. The lowest BCUT2D eigenvalue weighted by atomic mass is 10.2. The van der Waals surface area contributed by atoms with Crippen LogP contribution in [0.2, 0.25) is 0 Å². The number of hydrogen-bond acceptors (Lipinski definition) is 5. The maximum absolute atomic E-state index is 11.1. The molecule has 0 saturated heterocycles. The number of carbonyl (C=O) groups excluding carboxylic acids is 1. The fourth-order valence-electron chi connectivity index (χ4n) is 0.940. The molecule has 0 fully saturated rings. The van der Waals surface area contributed by atoms with Gasteiger partial charge in [-0.1, -0.05) is 0 Å². The highest BCUT2D eigenvalue weighted by Crippen LogP contribution is 2.26. The van der Waals surface area contributed by atoms with Crippen LogP contribution in [-0.4, -0.2) is 11.5 Å². The smallest absolute Gasteiger partial charge is 0.214 e. The van der Waals surface area contributed by atoms with E-state index >= 15 is 0 Å². The minimum atomic E-state index is -1.39. The summed E-state index contributed by atoms with van der Waals surface area (Å²) >= 11 is 0. The van der Waals surface area contributed by atoms with E-state index in [9.17, 15) is 4.79 Å². The second-order valence-electron chi connectivity index (χ2n) is 3.56. The molecule has 0 aliphatic carbocycles. The molecule has 0 amide bonds. The zero-order valence-electron chi connectivity index (χ0n) is 8.78. The van der Waals surface area contributed by atoms with E-state index in [0.29, 0.717) is 17.1 Å². The predicted molar refractivity (Wildman–Crippen MR) is 59.2 cm³/mol. The van der Waals surface area contributed by atoms with Gasteiger partial charge in [-0.15, -0.1) is 0 Å². The van der Waals surface area contributed by atoms with Crippen LogP contribution >= 0.6 is 0 Å². The van der Waals surface area contributed by atoms with Crippen molar-refractivity contribution in [1.29, 1.82) is 0 Å². The van der Waals surface area contributed by atoms with E-state index in [-0.39, 0.29) is 5.78 Å². The van der Waals surface area contributed by atoms with Crippen molar-refractivity contribution in [3.63, 3.8) is 0 Å². The highest BCUT2D eigenvalue weighted by molar-refractivity contribution is 5.84. The van der Waals surface area contributed by atoms with Crippen molar-refractivity contribution in [2.75, 3.05) is 11.5 Å². The van der Waals surface area contributed by atoms with Crippen LogP contribution in [0.3, 0.4) is 0 Å². The fourth-order valence-corrected chi connectivity index (χ4v) is 0.940. The zero-order valence-corrected chi connectivity index (χ0v) is 8.78. The molecule has 1 aromatic rings. The Balaban J connectivity index is 2.99. The molecule has 1 aromatic carbocycles. The minimum Gasteiger partial charge on any atom is -0.464 e.